The first-order valence-corrected chi connectivity index (χ1v) is 9.93. The number of amides is 2. The first-order chi connectivity index (χ1) is 14.0. The summed E-state index contributed by atoms with van der Waals surface area (Å²) in [5.41, 5.74) is 2.43. The van der Waals surface area contributed by atoms with Crippen LogP contribution >= 0.6 is 15.9 Å². The fourth-order valence-corrected chi connectivity index (χ4v) is 3.52. The van der Waals surface area contributed by atoms with Crippen molar-refractivity contribution < 1.29 is 18.7 Å². The van der Waals surface area contributed by atoms with Crippen LogP contribution in [-0.4, -0.2) is 25.0 Å². The smallest absolute Gasteiger partial charge is 0.265 e. The van der Waals surface area contributed by atoms with Gasteiger partial charge in [0.15, 0.2) is 6.61 Å². The van der Waals surface area contributed by atoms with Crippen molar-refractivity contribution in [2.75, 3.05) is 23.0 Å². The minimum atomic E-state index is -0.255. The number of halogens is 1. The van der Waals surface area contributed by atoms with Gasteiger partial charge in [-0.1, -0.05) is 33.6 Å². The Kier molecular flexibility index (Phi) is 5.40. The molecule has 0 spiro atoms. The molecule has 148 valence electrons. The lowest BCUT2D eigenvalue weighted by molar-refractivity contribution is -0.124. The van der Waals surface area contributed by atoms with Crippen LogP contribution in [0.2, 0.25) is 0 Å². The Balaban J connectivity index is 1.63. The molecule has 1 aliphatic heterocycles. The van der Waals surface area contributed by atoms with Gasteiger partial charge >= 0.3 is 0 Å². The Morgan fingerprint density at radius 2 is 1.97 bits per heavy atom. The Bertz CT molecular complexity index is 1030. The summed E-state index contributed by atoms with van der Waals surface area (Å²) in [4.78, 5) is 28.9. The molecule has 3 aromatic rings. The highest BCUT2D eigenvalue weighted by Crippen LogP contribution is 2.34. The molecule has 0 aliphatic carbocycles. The Hall–Kier alpha value is -3.06. The van der Waals surface area contributed by atoms with Crippen LogP contribution in [0.15, 0.2) is 69.8 Å². The van der Waals surface area contributed by atoms with Crippen molar-refractivity contribution in [3.05, 3.63) is 76.7 Å². The predicted molar refractivity (Wildman–Crippen MR) is 113 cm³/mol. The number of nitrogens with zero attached hydrogens (tertiary/aromatic N) is 2. The summed E-state index contributed by atoms with van der Waals surface area (Å²) < 4.78 is 11.8. The normalized spacial score (nSPS) is 13.0. The van der Waals surface area contributed by atoms with Gasteiger partial charge in [0, 0.05) is 10.2 Å². The van der Waals surface area contributed by atoms with Crippen molar-refractivity contribution in [2.45, 2.75) is 13.5 Å². The van der Waals surface area contributed by atoms with E-state index in [9.17, 15) is 9.59 Å². The fraction of sp³-hybridized carbons (Fsp3) is 0.182. The van der Waals surface area contributed by atoms with Crippen molar-refractivity contribution in [1.82, 2.24) is 0 Å². The number of aryl methyl sites for hydroxylation is 1. The third-order valence-corrected chi connectivity index (χ3v) is 5.19. The summed E-state index contributed by atoms with van der Waals surface area (Å²) in [6.45, 7) is 2.08. The maximum atomic E-state index is 13.3. The molecule has 0 saturated heterocycles. The summed E-state index contributed by atoms with van der Waals surface area (Å²) >= 11 is 3.40. The zero-order chi connectivity index (χ0) is 20.4. The molecule has 0 saturated carbocycles. The number of fused-ring (bicyclic) bond motifs is 1. The molecule has 1 aromatic heterocycles. The monoisotopic (exact) mass is 454 g/mol. The maximum absolute atomic E-state index is 13.3. The van der Waals surface area contributed by atoms with E-state index in [-0.39, 0.29) is 31.5 Å². The molecule has 7 heteroatoms. The van der Waals surface area contributed by atoms with Gasteiger partial charge in [-0.15, -0.1) is 0 Å². The number of carbonyl (C=O) groups is 2. The average molecular weight is 455 g/mol. The number of hydrogen-bond donors (Lipinski definition) is 0. The molecule has 2 amide bonds. The first kappa shape index (κ1) is 19.3. The molecule has 2 heterocycles. The molecule has 0 N–H and O–H groups in total. The second kappa shape index (κ2) is 8.13. The summed E-state index contributed by atoms with van der Waals surface area (Å²) in [7, 11) is 0. The van der Waals surface area contributed by atoms with Crippen LogP contribution in [0.5, 0.6) is 5.75 Å². The third kappa shape index (κ3) is 4.19. The predicted octanol–water partition coefficient (Wildman–Crippen LogP) is 4.31. The van der Waals surface area contributed by atoms with Gasteiger partial charge in [0.05, 0.1) is 18.5 Å². The van der Waals surface area contributed by atoms with E-state index in [1.165, 1.54) is 4.90 Å². The Morgan fingerprint density at radius 1 is 1.17 bits per heavy atom. The third-order valence-electron chi connectivity index (χ3n) is 4.70. The SMILES string of the molecule is Cc1ccc(N(Cc2ccco2)C(=O)CN2C(=O)COc3cc(Br)ccc32)cc1. The number of ether oxygens (including phenoxy) is 1. The molecule has 0 unspecified atom stereocenters. The zero-order valence-corrected chi connectivity index (χ0v) is 17.4. The number of furan rings is 1. The molecule has 1 aliphatic rings. The largest absolute Gasteiger partial charge is 0.482 e. The second-order valence-corrected chi connectivity index (χ2v) is 7.69. The Morgan fingerprint density at radius 3 is 2.69 bits per heavy atom. The number of rotatable bonds is 5. The van der Waals surface area contributed by atoms with E-state index in [1.807, 2.05) is 43.3 Å². The van der Waals surface area contributed by atoms with Crippen molar-refractivity contribution in [2.24, 2.45) is 0 Å². The van der Waals surface area contributed by atoms with E-state index in [4.69, 9.17) is 9.15 Å². The van der Waals surface area contributed by atoms with E-state index in [1.54, 1.807) is 29.4 Å². The minimum absolute atomic E-state index is 0.0919. The molecule has 4 rings (SSSR count). The first-order valence-electron chi connectivity index (χ1n) is 9.13. The topological polar surface area (TPSA) is 63.0 Å². The van der Waals surface area contributed by atoms with E-state index in [0.717, 1.165) is 15.7 Å². The number of hydrogen-bond acceptors (Lipinski definition) is 4. The van der Waals surface area contributed by atoms with Crippen molar-refractivity contribution in [1.29, 1.82) is 0 Å². The van der Waals surface area contributed by atoms with Gasteiger partial charge < -0.3 is 14.1 Å². The maximum Gasteiger partial charge on any atom is 0.265 e. The van der Waals surface area contributed by atoms with Gasteiger partial charge in [0.25, 0.3) is 5.91 Å². The summed E-state index contributed by atoms with van der Waals surface area (Å²) in [6.07, 6.45) is 1.58. The van der Waals surface area contributed by atoms with Crippen molar-refractivity contribution >= 4 is 39.1 Å². The van der Waals surface area contributed by atoms with E-state index in [2.05, 4.69) is 15.9 Å². The molecular weight excluding hydrogens is 436 g/mol. The average Bonchev–Trinajstić information content (AvgIpc) is 3.22. The minimum Gasteiger partial charge on any atom is -0.482 e. The van der Waals surface area contributed by atoms with E-state index >= 15 is 0 Å². The molecule has 6 nitrogen and oxygen atoms in total. The lowest BCUT2D eigenvalue weighted by Crippen LogP contribution is -2.46. The van der Waals surface area contributed by atoms with Gasteiger partial charge in [-0.2, -0.15) is 0 Å². The van der Waals surface area contributed by atoms with Crippen LogP contribution in [0.4, 0.5) is 11.4 Å². The van der Waals surface area contributed by atoms with Crippen LogP contribution < -0.4 is 14.5 Å². The van der Waals surface area contributed by atoms with Crippen LogP contribution in [0.1, 0.15) is 11.3 Å². The van der Waals surface area contributed by atoms with Crippen LogP contribution in [0, 0.1) is 6.92 Å². The highest BCUT2D eigenvalue weighted by Gasteiger charge is 2.29. The van der Waals surface area contributed by atoms with Crippen LogP contribution in [-0.2, 0) is 16.1 Å². The lowest BCUT2D eigenvalue weighted by Gasteiger charge is -2.31. The molecule has 0 radical (unpaired) electrons. The highest BCUT2D eigenvalue weighted by molar-refractivity contribution is 9.10. The van der Waals surface area contributed by atoms with Gasteiger partial charge in [-0.3, -0.25) is 14.5 Å². The summed E-state index contributed by atoms with van der Waals surface area (Å²) in [5.74, 6) is 0.764. The zero-order valence-electron chi connectivity index (χ0n) is 15.8. The van der Waals surface area contributed by atoms with Crippen molar-refractivity contribution in [3.8, 4) is 5.75 Å². The number of carbonyl (C=O) groups excluding carboxylic acids is 2. The molecule has 0 bridgehead atoms. The van der Waals surface area contributed by atoms with Gasteiger partial charge in [-0.25, -0.2) is 0 Å². The van der Waals surface area contributed by atoms with E-state index < -0.39 is 0 Å². The van der Waals surface area contributed by atoms with Gasteiger partial charge in [-0.05, 0) is 49.4 Å². The van der Waals surface area contributed by atoms with E-state index in [0.29, 0.717) is 17.2 Å². The quantitative estimate of drug-likeness (QED) is 0.576. The van der Waals surface area contributed by atoms with Crippen molar-refractivity contribution in [3.63, 3.8) is 0 Å². The highest BCUT2D eigenvalue weighted by atomic mass is 79.9. The molecular formula is C22H19BrN2O4. The fourth-order valence-electron chi connectivity index (χ4n) is 3.18. The number of anilines is 2. The second-order valence-electron chi connectivity index (χ2n) is 6.78. The summed E-state index contributed by atoms with van der Waals surface area (Å²) in [6, 6.07) is 16.7. The summed E-state index contributed by atoms with van der Waals surface area (Å²) in [5, 5.41) is 0. The molecule has 2 aromatic carbocycles. The lowest BCUT2D eigenvalue weighted by atomic mass is 10.2. The standard InChI is InChI=1S/C22H19BrN2O4/c1-15-4-7-17(8-5-15)24(12-18-3-2-10-28-18)21(26)13-25-19-9-6-16(23)11-20(19)29-14-22(25)27/h2-11H,12-14H2,1H3. The number of benzene rings is 2. The molecule has 29 heavy (non-hydrogen) atoms. The van der Waals surface area contributed by atoms with Crippen LogP contribution in [0.3, 0.4) is 0 Å². The van der Waals surface area contributed by atoms with Crippen LogP contribution in [0.25, 0.3) is 0 Å². The van der Waals surface area contributed by atoms with Gasteiger partial charge in [0.1, 0.15) is 18.1 Å². The Labute approximate surface area is 176 Å². The van der Waals surface area contributed by atoms with Gasteiger partial charge in [0.2, 0.25) is 5.91 Å². The molecule has 0 atom stereocenters. The molecule has 0 fully saturated rings.